The molecule has 1 atom stereocenters. The number of ether oxygens (including phenoxy) is 1. The van der Waals surface area contributed by atoms with Crippen LogP contribution >= 0.6 is 0 Å². The number of benzene rings is 2. The molecule has 4 rings (SSSR count). The maximum atomic E-state index is 14.7. The molecule has 2 aromatic carbocycles. The highest BCUT2D eigenvalue weighted by Crippen LogP contribution is 2.44. The number of ketones is 1. The van der Waals surface area contributed by atoms with Gasteiger partial charge in [-0.3, -0.25) is 9.59 Å². The van der Waals surface area contributed by atoms with Gasteiger partial charge in [0, 0.05) is 17.2 Å². The zero-order chi connectivity index (χ0) is 20.5. The summed E-state index contributed by atoms with van der Waals surface area (Å²) < 4.78 is 19.9. The second-order valence-corrected chi connectivity index (χ2v) is 7.39. The molecule has 2 aromatic rings. The van der Waals surface area contributed by atoms with Gasteiger partial charge in [0.05, 0.1) is 18.7 Å². The van der Waals surface area contributed by atoms with Crippen LogP contribution in [-0.2, 0) is 9.59 Å². The second kappa shape index (κ2) is 7.70. The predicted octanol–water partition coefficient (Wildman–Crippen LogP) is 4.20. The van der Waals surface area contributed by atoms with Crippen LogP contribution in [0, 0.1) is 5.82 Å². The fraction of sp³-hybridized carbons (Fsp3) is 0.304. The van der Waals surface area contributed by atoms with E-state index in [1.165, 1.54) is 18.1 Å². The molecular weight excluding hydrogens is 373 g/mol. The summed E-state index contributed by atoms with van der Waals surface area (Å²) in [6, 6.07) is 11.5. The molecule has 0 aromatic heterocycles. The molecule has 0 radical (unpaired) electrons. The van der Waals surface area contributed by atoms with Crippen LogP contribution in [0.15, 0.2) is 54.1 Å². The first-order valence-electron chi connectivity index (χ1n) is 9.72. The lowest BCUT2D eigenvalue weighted by Crippen LogP contribution is -2.38. The SMILES string of the molecule is COc1ccc(/C(O)=C2/C(=O)C(=O)N(C3CCCC3)C2c2ccccc2F)cc1. The van der Waals surface area contributed by atoms with Gasteiger partial charge in [-0.2, -0.15) is 0 Å². The van der Waals surface area contributed by atoms with Crippen molar-refractivity contribution >= 4 is 17.4 Å². The van der Waals surface area contributed by atoms with Gasteiger partial charge in [-0.05, 0) is 43.2 Å². The van der Waals surface area contributed by atoms with Crippen molar-refractivity contribution in [3.8, 4) is 5.75 Å². The highest BCUT2D eigenvalue weighted by Gasteiger charge is 2.49. The van der Waals surface area contributed by atoms with Crippen molar-refractivity contribution < 1.29 is 23.8 Å². The number of carbonyl (C=O) groups excluding carboxylic acids is 2. The predicted molar refractivity (Wildman–Crippen MR) is 106 cm³/mol. The smallest absolute Gasteiger partial charge is 0.295 e. The van der Waals surface area contributed by atoms with Gasteiger partial charge in [-0.25, -0.2) is 4.39 Å². The zero-order valence-corrected chi connectivity index (χ0v) is 16.1. The maximum absolute atomic E-state index is 14.7. The molecule has 1 saturated heterocycles. The molecule has 1 saturated carbocycles. The molecule has 1 aliphatic carbocycles. The molecule has 1 heterocycles. The molecule has 1 unspecified atom stereocenters. The number of likely N-dealkylation sites (tertiary alicyclic amines) is 1. The quantitative estimate of drug-likeness (QED) is 0.479. The number of nitrogens with zero attached hydrogens (tertiary/aromatic N) is 1. The molecule has 1 N–H and O–H groups in total. The molecule has 6 heteroatoms. The van der Waals surface area contributed by atoms with Crippen molar-refractivity contribution in [2.45, 2.75) is 37.8 Å². The Kier molecular flexibility index (Phi) is 5.09. The Morgan fingerprint density at radius 1 is 1.07 bits per heavy atom. The first kappa shape index (κ1) is 19.2. The number of aliphatic hydroxyl groups is 1. The van der Waals surface area contributed by atoms with Gasteiger partial charge in [-0.1, -0.05) is 31.0 Å². The topological polar surface area (TPSA) is 66.8 Å². The Labute approximate surface area is 168 Å². The summed E-state index contributed by atoms with van der Waals surface area (Å²) in [5.41, 5.74) is 0.516. The van der Waals surface area contributed by atoms with Crippen molar-refractivity contribution in [1.82, 2.24) is 4.90 Å². The normalized spacial score (nSPS) is 21.7. The Morgan fingerprint density at radius 2 is 1.72 bits per heavy atom. The first-order chi connectivity index (χ1) is 14.0. The van der Waals surface area contributed by atoms with E-state index in [1.54, 1.807) is 42.5 Å². The van der Waals surface area contributed by atoms with E-state index >= 15 is 0 Å². The van der Waals surface area contributed by atoms with E-state index in [4.69, 9.17) is 4.74 Å². The Balaban J connectivity index is 1.88. The maximum Gasteiger partial charge on any atom is 0.295 e. The van der Waals surface area contributed by atoms with Gasteiger partial charge in [0.2, 0.25) is 0 Å². The lowest BCUT2D eigenvalue weighted by atomic mass is 9.94. The lowest BCUT2D eigenvalue weighted by Gasteiger charge is -2.30. The molecular formula is C23H22FNO4. The number of carbonyl (C=O) groups is 2. The van der Waals surface area contributed by atoms with Crippen LogP contribution in [0.4, 0.5) is 4.39 Å². The minimum Gasteiger partial charge on any atom is -0.507 e. The fourth-order valence-electron chi connectivity index (χ4n) is 4.32. The van der Waals surface area contributed by atoms with Crippen LogP contribution in [0.2, 0.25) is 0 Å². The standard InChI is InChI=1S/C23H22FNO4/c1-29-16-12-10-14(11-13-16)21(26)19-20(17-8-4-5-9-18(17)24)25(23(28)22(19)27)15-6-2-3-7-15/h4-5,8-13,15,20,26H,2-3,6-7H2,1H3/b21-19-. The Morgan fingerprint density at radius 3 is 2.34 bits per heavy atom. The van der Waals surface area contributed by atoms with Crippen LogP contribution in [0.5, 0.6) is 5.75 Å². The monoisotopic (exact) mass is 395 g/mol. The number of hydrogen-bond donors (Lipinski definition) is 1. The minimum absolute atomic E-state index is 0.0721. The van der Waals surface area contributed by atoms with Crippen molar-refractivity contribution in [2.75, 3.05) is 7.11 Å². The molecule has 0 bridgehead atoms. The van der Waals surface area contributed by atoms with Gasteiger partial charge in [0.25, 0.3) is 11.7 Å². The molecule has 1 amide bonds. The van der Waals surface area contributed by atoms with E-state index in [0.717, 1.165) is 25.7 Å². The number of Topliss-reactive ketones (excluding diaryl/α,β-unsaturated/α-hetero) is 1. The summed E-state index contributed by atoms with van der Waals surface area (Å²) in [5.74, 6) is -1.68. The minimum atomic E-state index is -0.943. The highest BCUT2D eigenvalue weighted by atomic mass is 19.1. The number of rotatable bonds is 4. The van der Waals surface area contributed by atoms with Gasteiger partial charge in [0.1, 0.15) is 17.3 Å². The molecule has 5 nitrogen and oxygen atoms in total. The first-order valence-corrected chi connectivity index (χ1v) is 9.72. The van der Waals surface area contributed by atoms with Gasteiger partial charge >= 0.3 is 0 Å². The molecule has 150 valence electrons. The highest BCUT2D eigenvalue weighted by molar-refractivity contribution is 6.46. The van der Waals surface area contributed by atoms with Crippen molar-refractivity contribution in [2.24, 2.45) is 0 Å². The number of halogens is 1. The third-order valence-electron chi connectivity index (χ3n) is 5.76. The van der Waals surface area contributed by atoms with E-state index < -0.39 is 23.5 Å². The average Bonchev–Trinajstić information content (AvgIpc) is 3.35. The summed E-state index contributed by atoms with van der Waals surface area (Å²) in [6.07, 6.45) is 3.44. The summed E-state index contributed by atoms with van der Waals surface area (Å²) >= 11 is 0. The fourth-order valence-corrected chi connectivity index (χ4v) is 4.32. The van der Waals surface area contributed by atoms with E-state index in [1.807, 2.05) is 0 Å². The summed E-state index contributed by atoms with van der Waals surface area (Å²) in [5, 5.41) is 11.0. The lowest BCUT2D eigenvalue weighted by molar-refractivity contribution is -0.141. The molecule has 0 spiro atoms. The zero-order valence-electron chi connectivity index (χ0n) is 16.1. The molecule has 2 aliphatic rings. The van der Waals surface area contributed by atoms with Crippen LogP contribution in [0.3, 0.4) is 0 Å². The Bertz CT molecular complexity index is 977. The second-order valence-electron chi connectivity index (χ2n) is 7.39. The number of amides is 1. The summed E-state index contributed by atoms with van der Waals surface area (Å²) in [4.78, 5) is 27.3. The summed E-state index contributed by atoms with van der Waals surface area (Å²) in [6.45, 7) is 0. The van der Waals surface area contributed by atoms with Crippen molar-refractivity contribution in [1.29, 1.82) is 0 Å². The Hall–Kier alpha value is -3.15. The van der Waals surface area contributed by atoms with Crippen molar-refractivity contribution in [3.63, 3.8) is 0 Å². The third kappa shape index (κ3) is 3.28. The van der Waals surface area contributed by atoms with Crippen LogP contribution in [-0.4, -0.2) is 34.8 Å². The van der Waals surface area contributed by atoms with Gasteiger partial charge in [0.15, 0.2) is 0 Å². The van der Waals surface area contributed by atoms with E-state index in [0.29, 0.717) is 11.3 Å². The molecule has 2 fully saturated rings. The van der Waals surface area contributed by atoms with E-state index in [2.05, 4.69) is 0 Å². The van der Waals surface area contributed by atoms with Crippen LogP contribution in [0.1, 0.15) is 42.9 Å². The van der Waals surface area contributed by atoms with Crippen LogP contribution < -0.4 is 4.74 Å². The molecule has 1 aliphatic heterocycles. The van der Waals surface area contributed by atoms with E-state index in [9.17, 15) is 19.1 Å². The number of methoxy groups -OCH3 is 1. The molecule has 29 heavy (non-hydrogen) atoms. The number of hydrogen-bond acceptors (Lipinski definition) is 4. The largest absolute Gasteiger partial charge is 0.507 e. The van der Waals surface area contributed by atoms with Gasteiger partial charge < -0.3 is 14.7 Å². The van der Waals surface area contributed by atoms with Crippen molar-refractivity contribution in [3.05, 3.63) is 71.0 Å². The third-order valence-corrected chi connectivity index (χ3v) is 5.76. The van der Waals surface area contributed by atoms with E-state index in [-0.39, 0.29) is 22.9 Å². The average molecular weight is 395 g/mol. The van der Waals surface area contributed by atoms with Crippen LogP contribution in [0.25, 0.3) is 5.76 Å². The number of aliphatic hydroxyl groups excluding tert-OH is 1. The summed E-state index contributed by atoms with van der Waals surface area (Å²) in [7, 11) is 1.53. The van der Waals surface area contributed by atoms with Gasteiger partial charge in [-0.15, -0.1) is 0 Å².